The molecular formula is C23H34FN7O2. The fourth-order valence-corrected chi connectivity index (χ4v) is 4.62. The Kier molecular flexibility index (Phi) is 6.56. The van der Waals surface area contributed by atoms with Crippen LogP contribution in [0.1, 0.15) is 63.8 Å². The lowest BCUT2D eigenvalue weighted by Gasteiger charge is -2.27. The Morgan fingerprint density at radius 2 is 1.97 bits per heavy atom. The molecule has 33 heavy (non-hydrogen) atoms. The molecule has 2 aliphatic rings. The highest BCUT2D eigenvalue weighted by Crippen LogP contribution is 2.38. The van der Waals surface area contributed by atoms with E-state index < -0.39 is 17.5 Å². The van der Waals surface area contributed by atoms with Gasteiger partial charge in [0, 0.05) is 36.8 Å². The van der Waals surface area contributed by atoms with Gasteiger partial charge in [0.1, 0.15) is 11.3 Å². The second-order valence-electron chi connectivity index (χ2n) is 10.0. The van der Waals surface area contributed by atoms with Crippen molar-refractivity contribution < 1.29 is 13.9 Å². The Morgan fingerprint density at radius 1 is 1.27 bits per heavy atom. The Hall–Kier alpha value is -2.75. The van der Waals surface area contributed by atoms with Crippen LogP contribution in [0, 0.1) is 11.7 Å². The normalized spacial score (nSPS) is 21.1. The zero-order valence-corrected chi connectivity index (χ0v) is 19.6. The van der Waals surface area contributed by atoms with Crippen LogP contribution >= 0.6 is 0 Å². The first-order valence-electron chi connectivity index (χ1n) is 11.7. The highest BCUT2D eigenvalue weighted by atomic mass is 19.1. The number of hydrogen-bond donors (Lipinski definition) is 3. The quantitative estimate of drug-likeness (QED) is 0.552. The molecule has 2 heterocycles. The standard InChI is InChI=1S/C23H34FN7O2/c1-23(2,33-21(26)32)11-17-19(18(31(3)30-17)10-13-4-5-13)20-16(24)12-27-22(29-20)28-15-8-6-14(25)7-9-15/h12-15H,4-11,25H2,1-3H3,(H2,26,32)(H,27,28,29). The van der Waals surface area contributed by atoms with Crippen molar-refractivity contribution in [2.24, 2.45) is 24.4 Å². The molecule has 180 valence electrons. The summed E-state index contributed by atoms with van der Waals surface area (Å²) in [5.74, 6) is 0.452. The van der Waals surface area contributed by atoms with Gasteiger partial charge in [-0.2, -0.15) is 5.10 Å². The molecule has 0 aliphatic heterocycles. The van der Waals surface area contributed by atoms with E-state index in [1.165, 1.54) is 6.20 Å². The van der Waals surface area contributed by atoms with Gasteiger partial charge >= 0.3 is 6.09 Å². The summed E-state index contributed by atoms with van der Waals surface area (Å²) in [7, 11) is 1.86. The van der Waals surface area contributed by atoms with E-state index in [1.54, 1.807) is 18.5 Å². The molecule has 9 nitrogen and oxygen atoms in total. The van der Waals surface area contributed by atoms with Crippen LogP contribution in [0.5, 0.6) is 0 Å². The number of carbonyl (C=O) groups excluding carboxylic acids is 1. The largest absolute Gasteiger partial charge is 0.443 e. The van der Waals surface area contributed by atoms with Crippen LogP contribution in [0.4, 0.5) is 15.1 Å². The number of ether oxygens (including phenoxy) is 1. The number of halogens is 1. The molecular weight excluding hydrogens is 425 g/mol. The third kappa shape index (κ3) is 5.79. The smallest absolute Gasteiger partial charge is 0.405 e. The van der Waals surface area contributed by atoms with Crippen LogP contribution in [-0.2, 0) is 24.6 Å². The molecule has 0 radical (unpaired) electrons. The van der Waals surface area contributed by atoms with Crippen LogP contribution < -0.4 is 16.8 Å². The molecule has 2 aromatic rings. The van der Waals surface area contributed by atoms with Gasteiger partial charge in [0.25, 0.3) is 0 Å². The van der Waals surface area contributed by atoms with Gasteiger partial charge in [-0.25, -0.2) is 19.2 Å². The minimum Gasteiger partial charge on any atom is -0.443 e. The summed E-state index contributed by atoms with van der Waals surface area (Å²) in [6.45, 7) is 3.52. The Balaban J connectivity index is 1.69. The predicted molar refractivity (Wildman–Crippen MR) is 123 cm³/mol. The third-order valence-corrected chi connectivity index (χ3v) is 6.47. The number of anilines is 1. The zero-order chi connectivity index (χ0) is 23.8. The van der Waals surface area contributed by atoms with Crippen LogP contribution in [0.25, 0.3) is 11.3 Å². The summed E-state index contributed by atoms with van der Waals surface area (Å²) >= 11 is 0. The third-order valence-electron chi connectivity index (χ3n) is 6.47. The molecule has 2 aromatic heterocycles. The lowest BCUT2D eigenvalue weighted by atomic mass is 9.92. The fourth-order valence-electron chi connectivity index (χ4n) is 4.62. The molecule has 0 saturated heterocycles. The second kappa shape index (κ2) is 9.24. The van der Waals surface area contributed by atoms with Crippen molar-refractivity contribution in [2.75, 3.05) is 5.32 Å². The van der Waals surface area contributed by atoms with E-state index in [0.717, 1.165) is 50.6 Å². The number of nitrogens with one attached hydrogen (secondary N) is 1. The Bertz CT molecular complexity index is 1010. The summed E-state index contributed by atoms with van der Waals surface area (Å²) in [4.78, 5) is 20.2. The van der Waals surface area contributed by atoms with E-state index in [2.05, 4.69) is 20.4 Å². The summed E-state index contributed by atoms with van der Waals surface area (Å²) in [5, 5.41) is 8.03. The zero-order valence-electron chi connectivity index (χ0n) is 19.6. The summed E-state index contributed by atoms with van der Waals surface area (Å²) in [6.07, 6.45) is 7.47. The van der Waals surface area contributed by atoms with E-state index >= 15 is 4.39 Å². The molecule has 2 saturated carbocycles. The van der Waals surface area contributed by atoms with E-state index in [4.69, 9.17) is 16.2 Å². The molecule has 0 aromatic carbocycles. The van der Waals surface area contributed by atoms with Gasteiger partial charge in [0.05, 0.1) is 11.9 Å². The monoisotopic (exact) mass is 459 g/mol. The van der Waals surface area contributed by atoms with Crippen molar-refractivity contribution in [1.82, 2.24) is 19.7 Å². The number of rotatable bonds is 8. The van der Waals surface area contributed by atoms with Gasteiger partial charge in [-0.1, -0.05) is 0 Å². The number of nitrogens with two attached hydrogens (primary N) is 2. The minimum atomic E-state index is -0.906. The van der Waals surface area contributed by atoms with Crippen molar-refractivity contribution in [3.63, 3.8) is 0 Å². The van der Waals surface area contributed by atoms with Gasteiger partial charge in [-0.3, -0.25) is 4.68 Å². The summed E-state index contributed by atoms with van der Waals surface area (Å²) in [6, 6.07) is 0.451. The fraction of sp³-hybridized carbons (Fsp3) is 0.652. The molecule has 0 spiro atoms. The first-order chi connectivity index (χ1) is 15.6. The number of carbonyl (C=O) groups is 1. The van der Waals surface area contributed by atoms with Gasteiger partial charge in [-0.15, -0.1) is 0 Å². The maximum atomic E-state index is 15.1. The molecule has 2 aliphatic carbocycles. The van der Waals surface area contributed by atoms with Crippen LogP contribution in [-0.4, -0.2) is 43.5 Å². The van der Waals surface area contributed by atoms with E-state index in [-0.39, 0.29) is 24.2 Å². The molecule has 2 fully saturated rings. The highest BCUT2D eigenvalue weighted by molar-refractivity contribution is 5.68. The average Bonchev–Trinajstić information content (AvgIpc) is 3.49. The molecule has 0 unspecified atom stereocenters. The number of hydrogen-bond acceptors (Lipinski definition) is 7. The van der Waals surface area contributed by atoms with Crippen molar-refractivity contribution in [3.05, 3.63) is 23.4 Å². The summed E-state index contributed by atoms with van der Waals surface area (Å²) in [5.41, 5.74) is 12.8. The van der Waals surface area contributed by atoms with Crippen molar-refractivity contribution >= 4 is 12.0 Å². The topological polar surface area (TPSA) is 134 Å². The van der Waals surface area contributed by atoms with Gasteiger partial charge < -0.3 is 21.5 Å². The first kappa shape index (κ1) is 23.4. The molecule has 1 amide bonds. The average molecular weight is 460 g/mol. The van der Waals surface area contributed by atoms with Gasteiger partial charge in [0.15, 0.2) is 5.82 Å². The van der Waals surface area contributed by atoms with Gasteiger partial charge in [-0.05, 0) is 64.7 Å². The van der Waals surface area contributed by atoms with E-state index in [9.17, 15) is 4.79 Å². The van der Waals surface area contributed by atoms with Crippen molar-refractivity contribution in [1.29, 1.82) is 0 Å². The molecule has 4 rings (SSSR count). The predicted octanol–water partition coefficient (Wildman–Crippen LogP) is 3.07. The number of aryl methyl sites for hydroxylation is 1. The maximum absolute atomic E-state index is 15.1. The van der Waals surface area contributed by atoms with Crippen LogP contribution in [0.15, 0.2) is 6.20 Å². The number of nitrogens with zero attached hydrogens (tertiary/aromatic N) is 4. The van der Waals surface area contributed by atoms with E-state index in [1.807, 2.05) is 7.05 Å². The lowest BCUT2D eigenvalue weighted by Crippen LogP contribution is -2.33. The SMILES string of the molecule is Cn1nc(CC(C)(C)OC(N)=O)c(-c2nc(NC3CCC(N)CC3)ncc2F)c1CC1CC1. The lowest BCUT2D eigenvalue weighted by molar-refractivity contribution is 0.0453. The maximum Gasteiger partial charge on any atom is 0.405 e. The number of primary amides is 1. The molecule has 0 atom stereocenters. The Morgan fingerprint density at radius 3 is 2.61 bits per heavy atom. The molecule has 5 N–H and O–H groups in total. The van der Waals surface area contributed by atoms with Crippen molar-refractivity contribution in [3.8, 4) is 11.3 Å². The van der Waals surface area contributed by atoms with Gasteiger partial charge in [0.2, 0.25) is 5.95 Å². The number of amides is 1. The highest BCUT2D eigenvalue weighted by Gasteiger charge is 2.32. The number of aromatic nitrogens is 4. The second-order valence-corrected chi connectivity index (χ2v) is 10.0. The first-order valence-corrected chi connectivity index (χ1v) is 11.7. The van der Waals surface area contributed by atoms with Crippen LogP contribution in [0.2, 0.25) is 0 Å². The minimum absolute atomic E-state index is 0.213. The van der Waals surface area contributed by atoms with Crippen LogP contribution in [0.3, 0.4) is 0 Å². The Labute approximate surface area is 193 Å². The molecule has 10 heteroatoms. The van der Waals surface area contributed by atoms with E-state index in [0.29, 0.717) is 23.1 Å². The summed E-state index contributed by atoms with van der Waals surface area (Å²) < 4.78 is 22.2. The van der Waals surface area contributed by atoms with Crippen molar-refractivity contribution in [2.45, 2.75) is 82.9 Å². The molecule has 0 bridgehead atoms.